The second kappa shape index (κ2) is 7.25. The molecule has 1 fully saturated rings. The second-order valence-electron chi connectivity index (χ2n) is 6.04. The third-order valence-electron chi connectivity index (χ3n) is 4.38. The van der Waals surface area contributed by atoms with Gasteiger partial charge < -0.3 is 4.74 Å². The van der Waals surface area contributed by atoms with Crippen molar-refractivity contribution < 1.29 is 17.7 Å². The van der Waals surface area contributed by atoms with E-state index in [-0.39, 0.29) is 4.90 Å². The molecule has 1 N–H and O–H groups in total. The van der Waals surface area contributed by atoms with E-state index in [4.69, 9.17) is 4.74 Å². The lowest BCUT2D eigenvalue weighted by atomic mass is 9.84. The lowest BCUT2D eigenvalue weighted by molar-refractivity contribution is 0.417. The summed E-state index contributed by atoms with van der Waals surface area (Å²) in [7, 11) is -4.27. The van der Waals surface area contributed by atoms with E-state index >= 15 is 0 Å². The van der Waals surface area contributed by atoms with E-state index in [1.54, 1.807) is 6.07 Å². The summed E-state index contributed by atoms with van der Waals surface area (Å²) < 4.78 is 38.6. The normalized spacial score (nSPS) is 16.1. The van der Waals surface area contributed by atoms with Crippen molar-refractivity contribution in [3.05, 3.63) is 52.5 Å². The van der Waals surface area contributed by atoms with Gasteiger partial charge in [0.25, 0.3) is 10.1 Å². The molecule has 4 nitrogen and oxygen atoms in total. The Labute approximate surface area is 150 Å². The monoisotopic (exact) mass is 410 g/mol. The van der Waals surface area contributed by atoms with Crippen LogP contribution in [0.3, 0.4) is 0 Å². The lowest BCUT2D eigenvalue weighted by Gasteiger charge is -2.24. The van der Waals surface area contributed by atoms with Crippen molar-refractivity contribution in [1.29, 1.82) is 0 Å². The van der Waals surface area contributed by atoms with E-state index in [1.807, 2.05) is 18.2 Å². The molecule has 0 bridgehead atoms. The van der Waals surface area contributed by atoms with Crippen LogP contribution in [0.25, 0.3) is 0 Å². The van der Waals surface area contributed by atoms with Gasteiger partial charge in [-0.25, -0.2) is 0 Å². The molecule has 0 radical (unpaired) electrons. The van der Waals surface area contributed by atoms with Gasteiger partial charge in [-0.2, -0.15) is 8.42 Å². The van der Waals surface area contributed by atoms with Crippen LogP contribution in [0.1, 0.15) is 43.6 Å². The predicted molar refractivity (Wildman–Crippen MR) is 96.3 cm³/mol. The van der Waals surface area contributed by atoms with E-state index in [0.717, 1.165) is 24.2 Å². The summed E-state index contributed by atoms with van der Waals surface area (Å²) >= 11 is 3.37. The van der Waals surface area contributed by atoms with Crippen LogP contribution in [-0.2, 0) is 10.1 Å². The van der Waals surface area contributed by atoms with Gasteiger partial charge in [0.1, 0.15) is 11.5 Å². The molecule has 0 atom stereocenters. The molecule has 0 amide bonds. The van der Waals surface area contributed by atoms with Crippen molar-refractivity contribution in [3.63, 3.8) is 0 Å². The summed E-state index contributed by atoms with van der Waals surface area (Å²) in [6.45, 7) is 0. The second-order valence-corrected chi connectivity index (χ2v) is 8.32. The number of hydrogen-bond acceptors (Lipinski definition) is 3. The van der Waals surface area contributed by atoms with Crippen LogP contribution >= 0.6 is 15.9 Å². The van der Waals surface area contributed by atoms with E-state index in [9.17, 15) is 13.0 Å². The Morgan fingerprint density at radius 2 is 1.71 bits per heavy atom. The smallest absolute Gasteiger partial charge is 0.294 e. The molecule has 2 aromatic rings. The molecule has 1 aliphatic carbocycles. The van der Waals surface area contributed by atoms with Gasteiger partial charge in [0.2, 0.25) is 0 Å². The molecule has 3 rings (SSSR count). The first-order valence-corrected chi connectivity index (χ1v) is 10.2. The summed E-state index contributed by atoms with van der Waals surface area (Å²) in [5, 5.41) is 0. The number of para-hydroxylation sites is 1. The number of halogens is 1. The highest BCUT2D eigenvalue weighted by Gasteiger charge is 2.20. The van der Waals surface area contributed by atoms with Crippen LogP contribution in [-0.4, -0.2) is 13.0 Å². The van der Waals surface area contributed by atoms with E-state index in [1.165, 1.54) is 31.4 Å². The molecule has 0 spiro atoms. The summed E-state index contributed by atoms with van der Waals surface area (Å²) in [4.78, 5) is -0.184. The van der Waals surface area contributed by atoms with E-state index < -0.39 is 10.1 Å². The van der Waals surface area contributed by atoms with Crippen molar-refractivity contribution in [2.24, 2.45) is 0 Å². The molecule has 1 aliphatic rings. The fourth-order valence-electron chi connectivity index (χ4n) is 3.17. The average Bonchev–Trinajstić information content (AvgIpc) is 2.57. The van der Waals surface area contributed by atoms with Gasteiger partial charge in [0, 0.05) is 6.07 Å². The summed E-state index contributed by atoms with van der Waals surface area (Å²) in [5.41, 5.74) is 1.15. The first kappa shape index (κ1) is 17.5. The molecular weight excluding hydrogens is 392 g/mol. The van der Waals surface area contributed by atoms with Crippen LogP contribution in [0.2, 0.25) is 0 Å². The maximum atomic E-state index is 11.3. The molecule has 0 aromatic heterocycles. The average molecular weight is 411 g/mol. The van der Waals surface area contributed by atoms with Gasteiger partial charge in [-0.05, 0) is 58.5 Å². The number of benzene rings is 2. The van der Waals surface area contributed by atoms with Crippen molar-refractivity contribution >= 4 is 26.0 Å². The highest BCUT2D eigenvalue weighted by Crippen LogP contribution is 2.40. The number of hydrogen-bond donors (Lipinski definition) is 1. The Morgan fingerprint density at radius 1 is 1.00 bits per heavy atom. The Bertz CT molecular complexity index is 827. The first-order chi connectivity index (χ1) is 11.4. The summed E-state index contributed by atoms with van der Waals surface area (Å²) in [6.07, 6.45) is 6.02. The number of ether oxygens (including phenoxy) is 1. The minimum atomic E-state index is -4.27. The number of rotatable bonds is 4. The van der Waals surface area contributed by atoms with E-state index in [2.05, 4.69) is 22.0 Å². The van der Waals surface area contributed by atoms with Crippen molar-refractivity contribution in [2.45, 2.75) is 42.9 Å². The molecular formula is C18H19BrO4S. The quantitative estimate of drug-likeness (QED) is 0.672. The van der Waals surface area contributed by atoms with Crippen LogP contribution in [0.5, 0.6) is 11.5 Å². The predicted octanol–water partition coefficient (Wildman–Crippen LogP) is 5.54. The van der Waals surface area contributed by atoms with E-state index in [0.29, 0.717) is 16.1 Å². The standard InChI is InChI=1S/C18H19BrO4S/c19-16-11-10-14(24(20,21)22)12-18(16)23-17-9-5-4-8-15(17)13-6-2-1-3-7-13/h4-5,8-13H,1-3,6-7H2,(H,20,21,22). The lowest BCUT2D eigenvalue weighted by Crippen LogP contribution is -2.06. The fourth-order valence-corrected chi connectivity index (χ4v) is 3.99. The van der Waals surface area contributed by atoms with Gasteiger partial charge in [-0.1, -0.05) is 37.5 Å². The maximum Gasteiger partial charge on any atom is 0.294 e. The Morgan fingerprint density at radius 3 is 2.42 bits per heavy atom. The zero-order valence-corrected chi connectivity index (χ0v) is 15.5. The summed E-state index contributed by atoms with van der Waals surface area (Å²) in [5.74, 6) is 1.57. The maximum absolute atomic E-state index is 11.3. The highest BCUT2D eigenvalue weighted by atomic mass is 79.9. The van der Waals surface area contributed by atoms with Crippen LogP contribution in [0, 0.1) is 0 Å². The molecule has 2 aromatic carbocycles. The Kier molecular flexibility index (Phi) is 5.27. The van der Waals surface area contributed by atoms with Gasteiger partial charge in [-0.3, -0.25) is 4.55 Å². The van der Waals surface area contributed by atoms with Gasteiger partial charge in [0.05, 0.1) is 9.37 Å². The third-order valence-corrected chi connectivity index (χ3v) is 5.89. The molecule has 0 aliphatic heterocycles. The van der Waals surface area contributed by atoms with Crippen molar-refractivity contribution in [2.75, 3.05) is 0 Å². The highest BCUT2D eigenvalue weighted by molar-refractivity contribution is 9.10. The molecule has 128 valence electrons. The molecule has 0 unspecified atom stereocenters. The minimum absolute atomic E-state index is 0.184. The molecule has 0 heterocycles. The van der Waals surface area contributed by atoms with Crippen LogP contribution in [0.15, 0.2) is 51.8 Å². The Hall–Kier alpha value is -1.37. The zero-order chi connectivity index (χ0) is 17.2. The van der Waals surface area contributed by atoms with Crippen molar-refractivity contribution in [3.8, 4) is 11.5 Å². The first-order valence-electron chi connectivity index (χ1n) is 7.99. The fraction of sp³-hybridized carbons (Fsp3) is 0.333. The molecule has 6 heteroatoms. The largest absolute Gasteiger partial charge is 0.456 e. The topological polar surface area (TPSA) is 63.6 Å². The molecule has 24 heavy (non-hydrogen) atoms. The minimum Gasteiger partial charge on any atom is -0.456 e. The molecule has 1 saturated carbocycles. The Balaban J connectivity index is 1.94. The zero-order valence-electron chi connectivity index (χ0n) is 13.1. The SMILES string of the molecule is O=S(=O)(O)c1ccc(Br)c(Oc2ccccc2C2CCCCC2)c1. The molecule has 0 saturated heterocycles. The van der Waals surface area contributed by atoms with Gasteiger partial charge in [-0.15, -0.1) is 0 Å². The van der Waals surface area contributed by atoms with Crippen LogP contribution < -0.4 is 4.74 Å². The third kappa shape index (κ3) is 3.99. The summed E-state index contributed by atoms with van der Waals surface area (Å²) in [6, 6.07) is 12.1. The van der Waals surface area contributed by atoms with Crippen molar-refractivity contribution in [1.82, 2.24) is 0 Å². The van der Waals surface area contributed by atoms with Crippen LogP contribution in [0.4, 0.5) is 0 Å². The van der Waals surface area contributed by atoms with Gasteiger partial charge in [0.15, 0.2) is 0 Å². The van der Waals surface area contributed by atoms with Gasteiger partial charge >= 0.3 is 0 Å².